The smallest absolute Gasteiger partial charge is 0.158 e. The molecule has 0 aromatic heterocycles. The van der Waals surface area contributed by atoms with E-state index in [-0.39, 0.29) is 0 Å². The molecule has 0 N–H and O–H groups in total. The van der Waals surface area contributed by atoms with Crippen molar-refractivity contribution in [2.75, 3.05) is 0 Å². The lowest BCUT2D eigenvalue weighted by Crippen LogP contribution is -2.10. The molecule has 1 rings (SSSR count). The van der Waals surface area contributed by atoms with Crippen LogP contribution in [0, 0.1) is 5.92 Å². The van der Waals surface area contributed by atoms with Gasteiger partial charge >= 0.3 is 0 Å². The van der Waals surface area contributed by atoms with Crippen LogP contribution < -0.4 is 0 Å². The van der Waals surface area contributed by atoms with Crippen molar-refractivity contribution in [3.63, 3.8) is 0 Å². The molecule has 1 heteroatoms. The van der Waals surface area contributed by atoms with Gasteiger partial charge in [-0.1, -0.05) is 32.8 Å². The summed E-state index contributed by atoms with van der Waals surface area (Å²) in [6, 6.07) is 0. The molecule has 0 amide bonds. The monoisotopic (exact) mass is 208 g/mol. The summed E-state index contributed by atoms with van der Waals surface area (Å²) in [5.41, 5.74) is 1.13. The molecule has 0 bridgehead atoms. The molecular formula is C14H24O. The SMILES string of the molecule is CCCCC(C=C1CCCCC1=O)CC. The highest BCUT2D eigenvalue weighted by Gasteiger charge is 2.16. The van der Waals surface area contributed by atoms with Gasteiger partial charge in [0, 0.05) is 6.42 Å². The summed E-state index contributed by atoms with van der Waals surface area (Å²) in [4.78, 5) is 11.7. The van der Waals surface area contributed by atoms with Gasteiger partial charge in [0.05, 0.1) is 0 Å². The minimum absolute atomic E-state index is 0.413. The summed E-state index contributed by atoms with van der Waals surface area (Å²) in [5, 5.41) is 0. The van der Waals surface area contributed by atoms with Gasteiger partial charge in [-0.3, -0.25) is 4.79 Å². The first-order valence-corrected chi connectivity index (χ1v) is 6.51. The number of ketones is 1. The number of Topliss-reactive ketones (excluding diaryl/α,β-unsaturated/α-hetero) is 1. The van der Waals surface area contributed by atoms with Crippen molar-refractivity contribution in [3.05, 3.63) is 11.6 Å². The molecule has 1 unspecified atom stereocenters. The predicted octanol–water partition coefficient (Wildman–Crippen LogP) is 4.27. The number of allylic oxidation sites excluding steroid dienone is 2. The number of unbranched alkanes of at least 4 members (excludes halogenated alkanes) is 1. The molecule has 0 aliphatic heterocycles. The number of carbonyl (C=O) groups is 1. The summed E-state index contributed by atoms with van der Waals surface area (Å²) >= 11 is 0. The Morgan fingerprint density at radius 1 is 1.27 bits per heavy atom. The van der Waals surface area contributed by atoms with Crippen molar-refractivity contribution in [2.45, 2.75) is 65.2 Å². The Hall–Kier alpha value is -0.590. The third-order valence-corrected chi connectivity index (χ3v) is 3.35. The van der Waals surface area contributed by atoms with Crippen LogP contribution in [-0.4, -0.2) is 5.78 Å². The number of hydrogen-bond acceptors (Lipinski definition) is 1. The minimum Gasteiger partial charge on any atom is -0.295 e. The molecule has 1 aliphatic rings. The average molecular weight is 208 g/mol. The molecule has 1 fully saturated rings. The number of hydrogen-bond donors (Lipinski definition) is 0. The van der Waals surface area contributed by atoms with E-state index in [2.05, 4.69) is 19.9 Å². The average Bonchev–Trinajstić information content (AvgIpc) is 2.26. The summed E-state index contributed by atoms with van der Waals surface area (Å²) in [6.45, 7) is 4.45. The fraction of sp³-hybridized carbons (Fsp3) is 0.786. The maximum absolute atomic E-state index is 11.7. The van der Waals surface area contributed by atoms with Crippen molar-refractivity contribution in [3.8, 4) is 0 Å². The van der Waals surface area contributed by atoms with Crippen LogP contribution in [0.1, 0.15) is 65.2 Å². The molecule has 0 radical (unpaired) electrons. The standard InChI is InChI=1S/C14H24O/c1-3-5-8-12(4-2)11-13-9-6-7-10-14(13)15/h11-12H,3-10H2,1-2H3. The van der Waals surface area contributed by atoms with Crippen LogP contribution in [0.15, 0.2) is 11.6 Å². The molecular weight excluding hydrogens is 184 g/mol. The van der Waals surface area contributed by atoms with Crippen LogP contribution in [0.3, 0.4) is 0 Å². The number of rotatable bonds is 5. The molecule has 0 spiro atoms. The lowest BCUT2D eigenvalue weighted by Gasteiger charge is -2.16. The van der Waals surface area contributed by atoms with E-state index in [1.807, 2.05) is 0 Å². The lowest BCUT2D eigenvalue weighted by atomic mass is 9.88. The largest absolute Gasteiger partial charge is 0.295 e. The molecule has 15 heavy (non-hydrogen) atoms. The van der Waals surface area contributed by atoms with E-state index in [1.54, 1.807) is 0 Å². The van der Waals surface area contributed by atoms with Gasteiger partial charge in [0.2, 0.25) is 0 Å². The van der Waals surface area contributed by atoms with E-state index in [0.29, 0.717) is 11.7 Å². The highest BCUT2D eigenvalue weighted by atomic mass is 16.1. The van der Waals surface area contributed by atoms with Gasteiger partial charge in [-0.05, 0) is 43.6 Å². The quantitative estimate of drug-likeness (QED) is 0.616. The molecule has 1 nitrogen and oxygen atoms in total. The first kappa shape index (κ1) is 12.5. The molecule has 0 heterocycles. The molecule has 0 aromatic carbocycles. The Bertz CT molecular complexity index is 227. The Balaban J connectivity index is 2.52. The van der Waals surface area contributed by atoms with Crippen LogP contribution in [0.4, 0.5) is 0 Å². The van der Waals surface area contributed by atoms with Crippen molar-refractivity contribution < 1.29 is 4.79 Å². The second kappa shape index (κ2) is 6.81. The van der Waals surface area contributed by atoms with Crippen LogP contribution >= 0.6 is 0 Å². The van der Waals surface area contributed by atoms with Gasteiger partial charge in [0.25, 0.3) is 0 Å². The van der Waals surface area contributed by atoms with Gasteiger partial charge in [-0.25, -0.2) is 0 Å². The Kier molecular flexibility index (Phi) is 5.67. The highest BCUT2D eigenvalue weighted by Crippen LogP contribution is 2.24. The topological polar surface area (TPSA) is 17.1 Å². The Morgan fingerprint density at radius 3 is 2.60 bits per heavy atom. The van der Waals surface area contributed by atoms with Gasteiger partial charge in [-0.2, -0.15) is 0 Å². The Labute approximate surface area is 93.9 Å². The zero-order valence-electron chi connectivity index (χ0n) is 10.2. The van der Waals surface area contributed by atoms with Crippen molar-refractivity contribution in [1.29, 1.82) is 0 Å². The predicted molar refractivity (Wildman–Crippen MR) is 64.9 cm³/mol. The molecule has 86 valence electrons. The van der Waals surface area contributed by atoms with Crippen LogP contribution in [0.2, 0.25) is 0 Å². The fourth-order valence-electron chi connectivity index (χ4n) is 2.23. The maximum atomic E-state index is 11.7. The summed E-state index contributed by atoms with van der Waals surface area (Å²) in [6.07, 6.45) is 11.4. The van der Waals surface area contributed by atoms with Gasteiger partial charge in [-0.15, -0.1) is 0 Å². The van der Waals surface area contributed by atoms with Gasteiger partial charge in [0.15, 0.2) is 5.78 Å². The van der Waals surface area contributed by atoms with Crippen molar-refractivity contribution >= 4 is 5.78 Å². The fourth-order valence-corrected chi connectivity index (χ4v) is 2.23. The summed E-state index contributed by atoms with van der Waals surface area (Å²) < 4.78 is 0. The zero-order chi connectivity index (χ0) is 11.1. The lowest BCUT2D eigenvalue weighted by molar-refractivity contribution is -0.116. The van der Waals surface area contributed by atoms with E-state index in [0.717, 1.165) is 24.8 Å². The molecule has 1 atom stereocenters. The van der Waals surface area contributed by atoms with Crippen molar-refractivity contribution in [2.24, 2.45) is 5.92 Å². The normalized spacial score (nSPS) is 22.0. The van der Waals surface area contributed by atoms with E-state index in [4.69, 9.17) is 0 Å². The maximum Gasteiger partial charge on any atom is 0.158 e. The second-order valence-electron chi connectivity index (χ2n) is 4.63. The van der Waals surface area contributed by atoms with E-state index < -0.39 is 0 Å². The van der Waals surface area contributed by atoms with Crippen molar-refractivity contribution in [1.82, 2.24) is 0 Å². The molecule has 1 saturated carbocycles. The second-order valence-corrected chi connectivity index (χ2v) is 4.63. The van der Waals surface area contributed by atoms with E-state index in [9.17, 15) is 4.79 Å². The first-order valence-electron chi connectivity index (χ1n) is 6.51. The third kappa shape index (κ3) is 4.19. The third-order valence-electron chi connectivity index (χ3n) is 3.35. The van der Waals surface area contributed by atoms with Gasteiger partial charge < -0.3 is 0 Å². The summed E-state index contributed by atoms with van der Waals surface area (Å²) in [5.74, 6) is 1.05. The molecule has 0 saturated heterocycles. The summed E-state index contributed by atoms with van der Waals surface area (Å²) in [7, 11) is 0. The minimum atomic E-state index is 0.413. The van der Waals surface area contributed by atoms with Crippen LogP contribution in [-0.2, 0) is 4.79 Å². The molecule has 0 aromatic rings. The van der Waals surface area contributed by atoms with E-state index >= 15 is 0 Å². The zero-order valence-corrected chi connectivity index (χ0v) is 10.2. The van der Waals surface area contributed by atoms with Crippen LogP contribution in [0.25, 0.3) is 0 Å². The first-order chi connectivity index (χ1) is 7.27. The number of carbonyl (C=O) groups excluding carboxylic acids is 1. The highest BCUT2D eigenvalue weighted by molar-refractivity contribution is 5.95. The Morgan fingerprint density at radius 2 is 2.00 bits per heavy atom. The van der Waals surface area contributed by atoms with E-state index in [1.165, 1.54) is 32.1 Å². The van der Waals surface area contributed by atoms with Gasteiger partial charge in [0.1, 0.15) is 0 Å². The van der Waals surface area contributed by atoms with Crippen LogP contribution in [0.5, 0.6) is 0 Å². The molecule has 1 aliphatic carbocycles.